The molecule has 0 unspecified atom stereocenters. The highest BCUT2D eigenvalue weighted by Crippen LogP contribution is 2.29. The van der Waals surface area contributed by atoms with Crippen LogP contribution in [0.3, 0.4) is 0 Å². The smallest absolute Gasteiger partial charge is 0.0720 e. The fraction of sp³-hybridized carbons (Fsp3) is 0.455. The van der Waals surface area contributed by atoms with Crippen LogP contribution in [-0.2, 0) is 17.8 Å². The standard InChI is InChI=1S/C22H34OSi/c1-6-15-24(16-7-2,17-8-3)18-9-10-21-11-13-22(14-12-21)19-23-20(4)5/h6-8,11-14,20H,1-3,9-10,15-19H2,4-5H3. The van der Waals surface area contributed by atoms with Gasteiger partial charge in [0.1, 0.15) is 0 Å². The van der Waals surface area contributed by atoms with Gasteiger partial charge in [0.25, 0.3) is 0 Å². The van der Waals surface area contributed by atoms with Gasteiger partial charge in [0.15, 0.2) is 0 Å². The van der Waals surface area contributed by atoms with Crippen LogP contribution >= 0.6 is 0 Å². The summed E-state index contributed by atoms with van der Waals surface area (Å²) in [5.41, 5.74) is 2.67. The van der Waals surface area contributed by atoms with Gasteiger partial charge in [-0.05, 0) is 49.5 Å². The van der Waals surface area contributed by atoms with Gasteiger partial charge in [-0.3, -0.25) is 0 Å². The molecule has 1 aromatic rings. The minimum Gasteiger partial charge on any atom is -0.374 e. The Balaban J connectivity index is 2.55. The molecule has 0 fully saturated rings. The average molecular weight is 343 g/mol. The van der Waals surface area contributed by atoms with E-state index in [0.29, 0.717) is 6.61 Å². The Bertz CT molecular complexity index is 475. The highest BCUT2D eigenvalue weighted by molar-refractivity contribution is 6.81. The third-order valence-corrected chi connectivity index (χ3v) is 9.39. The van der Waals surface area contributed by atoms with Gasteiger partial charge in [-0.25, -0.2) is 0 Å². The van der Waals surface area contributed by atoms with Crippen LogP contribution in [0.5, 0.6) is 0 Å². The van der Waals surface area contributed by atoms with Crippen molar-refractivity contribution in [2.45, 2.75) is 63.6 Å². The quantitative estimate of drug-likeness (QED) is 0.292. The molecule has 24 heavy (non-hydrogen) atoms. The van der Waals surface area contributed by atoms with Crippen molar-refractivity contribution in [2.24, 2.45) is 0 Å². The van der Waals surface area contributed by atoms with Gasteiger partial charge < -0.3 is 4.74 Å². The lowest BCUT2D eigenvalue weighted by molar-refractivity contribution is 0.0657. The maximum atomic E-state index is 5.65. The molecule has 0 saturated heterocycles. The molecule has 1 aromatic carbocycles. The first kappa shape index (κ1) is 20.7. The van der Waals surface area contributed by atoms with Crippen molar-refractivity contribution in [3.63, 3.8) is 0 Å². The predicted molar refractivity (Wildman–Crippen MR) is 110 cm³/mol. The van der Waals surface area contributed by atoms with Crippen LogP contribution in [0.25, 0.3) is 0 Å². The molecule has 0 aromatic heterocycles. The lowest BCUT2D eigenvalue weighted by Gasteiger charge is -2.28. The van der Waals surface area contributed by atoms with Crippen LogP contribution in [-0.4, -0.2) is 14.2 Å². The second-order valence-corrected chi connectivity index (χ2v) is 11.7. The molecule has 132 valence electrons. The van der Waals surface area contributed by atoms with Gasteiger partial charge in [0.05, 0.1) is 20.8 Å². The summed E-state index contributed by atoms with van der Waals surface area (Å²) in [5, 5.41) is 0. The van der Waals surface area contributed by atoms with Gasteiger partial charge in [0.2, 0.25) is 0 Å². The van der Waals surface area contributed by atoms with E-state index < -0.39 is 8.07 Å². The van der Waals surface area contributed by atoms with E-state index in [4.69, 9.17) is 4.74 Å². The van der Waals surface area contributed by atoms with E-state index in [-0.39, 0.29) is 6.10 Å². The first-order valence-electron chi connectivity index (χ1n) is 9.07. The number of hydrogen-bond acceptors (Lipinski definition) is 1. The number of rotatable bonds is 13. The van der Waals surface area contributed by atoms with E-state index in [1.54, 1.807) is 0 Å². The van der Waals surface area contributed by atoms with Gasteiger partial charge in [-0.15, -0.1) is 19.7 Å². The normalized spacial score (nSPS) is 11.5. The number of hydrogen-bond donors (Lipinski definition) is 0. The molecular formula is C22H34OSi. The van der Waals surface area contributed by atoms with Gasteiger partial charge in [-0.1, -0.05) is 55.0 Å². The number of benzene rings is 1. The molecular weight excluding hydrogens is 308 g/mol. The molecule has 1 rings (SSSR count). The van der Waals surface area contributed by atoms with Gasteiger partial charge >= 0.3 is 0 Å². The fourth-order valence-corrected chi connectivity index (χ4v) is 7.08. The summed E-state index contributed by atoms with van der Waals surface area (Å²) in [6, 6.07) is 13.7. The lowest BCUT2D eigenvalue weighted by Crippen LogP contribution is -2.32. The number of allylic oxidation sites excluding steroid dienone is 3. The molecule has 0 aliphatic carbocycles. The van der Waals surface area contributed by atoms with Crippen LogP contribution in [0.2, 0.25) is 24.2 Å². The molecule has 0 bridgehead atoms. The molecule has 0 aliphatic rings. The molecule has 0 radical (unpaired) electrons. The largest absolute Gasteiger partial charge is 0.374 e. The Kier molecular flexibility index (Phi) is 9.66. The molecule has 0 heterocycles. The Labute approximate surface area is 150 Å². The molecule has 2 heteroatoms. The summed E-state index contributed by atoms with van der Waals surface area (Å²) in [4.78, 5) is 0. The summed E-state index contributed by atoms with van der Waals surface area (Å²) in [7, 11) is -1.36. The molecule has 0 N–H and O–H groups in total. The summed E-state index contributed by atoms with van der Waals surface area (Å²) in [6.07, 6.45) is 8.96. The van der Waals surface area contributed by atoms with E-state index in [1.807, 2.05) is 0 Å². The monoisotopic (exact) mass is 342 g/mol. The van der Waals surface area contributed by atoms with Crippen molar-refractivity contribution in [3.8, 4) is 0 Å². The lowest BCUT2D eigenvalue weighted by atomic mass is 10.1. The Morgan fingerprint density at radius 1 is 0.917 bits per heavy atom. The summed E-state index contributed by atoms with van der Waals surface area (Å²) in [6.45, 7) is 16.7. The SMILES string of the molecule is C=CC[Si](CC=C)(CC=C)CCCc1ccc(COC(C)C)cc1. The third kappa shape index (κ3) is 7.46. The molecule has 1 nitrogen and oxygen atoms in total. The first-order chi connectivity index (χ1) is 11.5. The van der Waals surface area contributed by atoms with E-state index in [0.717, 1.165) is 24.6 Å². The zero-order valence-corrected chi connectivity index (χ0v) is 16.6. The molecule has 0 saturated carbocycles. The van der Waals surface area contributed by atoms with Gasteiger partial charge in [0, 0.05) is 0 Å². The van der Waals surface area contributed by atoms with E-state index in [1.165, 1.54) is 23.6 Å². The predicted octanol–water partition coefficient (Wildman–Crippen LogP) is 6.55. The summed E-state index contributed by atoms with van der Waals surface area (Å²) >= 11 is 0. The minimum atomic E-state index is -1.36. The molecule has 0 amide bonds. The maximum Gasteiger partial charge on any atom is 0.0720 e. The minimum absolute atomic E-state index is 0.280. The summed E-state index contributed by atoms with van der Waals surface area (Å²) < 4.78 is 5.65. The third-order valence-electron chi connectivity index (χ3n) is 4.51. The number of aryl methyl sites for hydroxylation is 1. The zero-order valence-electron chi connectivity index (χ0n) is 15.6. The van der Waals surface area contributed by atoms with Crippen LogP contribution in [0.1, 0.15) is 31.4 Å². The van der Waals surface area contributed by atoms with Crippen LogP contribution < -0.4 is 0 Å². The first-order valence-corrected chi connectivity index (χ1v) is 11.9. The van der Waals surface area contributed by atoms with Crippen LogP contribution in [0.4, 0.5) is 0 Å². The van der Waals surface area contributed by atoms with Crippen LogP contribution in [0.15, 0.2) is 62.2 Å². The molecule has 0 spiro atoms. The van der Waals surface area contributed by atoms with Gasteiger partial charge in [-0.2, -0.15) is 0 Å². The second kappa shape index (κ2) is 11.2. The van der Waals surface area contributed by atoms with E-state index >= 15 is 0 Å². The zero-order chi connectivity index (χ0) is 17.8. The van der Waals surface area contributed by atoms with Crippen molar-refractivity contribution < 1.29 is 4.74 Å². The average Bonchev–Trinajstić information content (AvgIpc) is 2.55. The second-order valence-electron chi connectivity index (χ2n) is 7.01. The fourth-order valence-electron chi connectivity index (χ4n) is 3.21. The molecule has 0 atom stereocenters. The molecule has 0 aliphatic heterocycles. The topological polar surface area (TPSA) is 9.23 Å². The van der Waals surface area contributed by atoms with Crippen molar-refractivity contribution >= 4 is 8.07 Å². The van der Waals surface area contributed by atoms with Crippen LogP contribution in [0, 0.1) is 0 Å². The highest BCUT2D eigenvalue weighted by Gasteiger charge is 2.27. The van der Waals surface area contributed by atoms with Crippen molar-refractivity contribution in [1.29, 1.82) is 0 Å². The van der Waals surface area contributed by atoms with Crippen molar-refractivity contribution in [1.82, 2.24) is 0 Å². The number of ether oxygens (including phenoxy) is 1. The highest BCUT2D eigenvalue weighted by atomic mass is 28.3. The Morgan fingerprint density at radius 2 is 1.42 bits per heavy atom. The van der Waals surface area contributed by atoms with E-state index in [9.17, 15) is 0 Å². The Hall–Kier alpha value is -1.38. The summed E-state index contributed by atoms with van der Waals surface area (Å²) in [5.74, 6) is 0. The van der Waals surface area contributed by atoms with Crippen molar-refractivity contribution in [3.05, 3.63) is 73.4 Å². The van der Waals surface area contributed by atoms with E-state index in [2.05, 4.69) is 76.1 Å². The maximum absolute atomic E-state index is 5.65. The van der Waals surface area contributed by atoms with Crippen molar-refractivity contribution in [2.75, 3.05) is 0 Å². The Morgan fingerprint density at radius 3 is 1.88 bits per heavy atom.